The lowest BCUT2D eigenvalue weighted by Crippen LogP contribution is -2.44. The number of allylic oxidation sites excluding steroid dienone is 4. The van der Waals surface area contributed by atoms with Gasteiger partial charge >= 0.3 is 0 Å². The number of fused-ring (bicyclic) bond motifs is 1. The van der Waals surface area contributed by atoms with Crippen molar-refractivity contribution in [3.63, 3.8) is 0 Å². The monoisotopic (exact) mass is 442 g/mol. The fraction of sp³-hybridized carbons (Fsp3) is 0.793. The summed E-state index contributed by atoms with van der Waals surface area (Å²) in [5.74, 6) is 2.57. The van der Waals surface area contributed by atoms with Crippen LogP contribution >= 0.6 is 0 Å². The highest BCUT2D eigenvalue weighted by Gasteiger charge is 2.50. The fourth-order valence-corrected chi connectivity index (χ4v) is 7.96. The maximum atomic E-state index is 6.79. The molecular weight excluding hydrogens is 392 g/mol. The lowest BCUT2D eigenvalue weighted by molar-refractivity contribution is 0.0961. The smallest absolute Gasteiger partial charge is 0.192 e. The molecule has 3 aliphatic carbocycles. The van der Waals surface area contributed by atoms with Gasteiger partial charge in [-0.05, 0) is 98.2 Å². The Hall–Kier alpha value is -0.603. The van der Waals surface area contributed by atoms with Gasteiger partial charge in [0.05, 0.1) is 0 Å². The van der Waals surface area contributed by atoms with Gasteiger partial charge in [-0.25, -0.2) is 0 Å². The molecule has 0 aliphatic heterocycles. The molecule has 176 valence electrons. The van der Waals surface area contributed by atoms with Crippen LogP contribution in [0.5, 0.6) is 0 Å². The summed E-state index contributed by atoms with van der Waals surface area (Å²) in [7, 11) is -1.72. The minimum Gasteiger partial charge on any atom is -0.414 e. The van der Waals surface area contributed by atoms with E-state index in [2.05, 4.69) is 73.4 Å². The topological polar surface area (TPSA) is 9.23 Å². The molecule has 0 spiro atoms. The van der Waals surface area contributed by atoms with Gasteiger partial charge in [-0.3, -0.25) is 0 Å². The molecule has 0 saturated heterocycles. The van der Waals surface area contributed by atoms with Gasteiger partial charge in [-0.1, -0.05) is 77.8 Å². The van der Waals surface area contributed by atoms with Crippen LogP contribution in [0.2, 0.25) is 18.1 Å². The highest BCUT2D eigenvalue weighted by Crippen LogP contribution is 2.59. The second kappa shape index (κ2) is 9.33. The van der Waals surface area contributed by atoms with Crippen LogP contribution in [0, 0.1) is 23.2 Å². The molecule has 0 aromatic carbocycles. The van der Waals surface area contributed by atoms with Crippen molar-refractivity contribution in [2.45, 2.75) is 124 Å². The first-order chi connectivity index (χ1) is 14.4. The molecule has 0 aromatic rings. The van der Waals surface area contributed by atoms with E-state index in [1.807, 2.05) is 0 Å². The SMILES string of the molecule is C=C1CC[C@H](O[Si](C)(C)C(C)(C)C)C/C1=C/C=C1/CCC[C@]2(C)[C@@H]([C@@H](C)CC)CC[C@@H]12. The predicted molar refractivity (Wildman–Crippen MR) is 139 cm³/mol. The molecule has 0 radical (unpaired) electrons. The maximum Gasteiger partial charge on any atom is 0.192 e. The Balaban J connectivity index is 1.75. The number of hydrogen-bond donors (Lipinski definition) is 0. The molecule has 31 heavy (non-hydrogen) atoms. The van der Waals surface area contributed by atoms with Gasteiger partial charge in [0.1, 0.15) is 0 Å². The fourth-order valence-electron chi connectivity index (χ4n) is 6.57. The lowest BCUT2D eigenvalue weighted by Gasteiger charge is -2.44. The van der Waals surface area contributed by atoms with Gasteiger partial charge in [0.15, 0.2) is 8.32 Å². The van der Waals surface area contributed by atoms with E-state index in [-0.39, 0.29) is 5.04 Å². The van der Waals surface area contributed by atoms with Crippen LogP contribution in [0.1, 0.15) is 99.3 Å². The van der Waals surface area contributed by atoms with E-state index in [4.69, 9.17) is 4.43 Å². The van der Waals surface area contributed by atoms with Crippen molar-refractivity contribution in [1.29, 1.82) is 0 Å². The van der Waals surface area contributed by atoms with Crippen LogP contribution < -0.4 is 0 Å². The summed E-state index contributed by atoms with van der Waals surface area (Å²) >= 11 is 0. The van der Waals surface area contributed by atoms with Crippen LogP contribution in [-0.4, -0.2) is 14.4 Å². The second-order valence-corrected chi connectivity index (χ2v) is 17.5. The Bertz CT molecular complexity index is 722. The summed E-state index contributed by atoms with van der Waals surface area (Å²) in [5.41, 5.74) is 5.04. The molecule has 0 heterocycles. The lowest BCUT2D eigenvalue weighted by atomic mass is 9.61. The Morgan fingerprint density at radius 1 is 1.16 bits per heavy atom. The van der Waals surface area contributed by atoms with Crippen LogP contribution in [-0.2, 0) is 4.43 Å². The van der Waals surface area contributed by atoms with E-state index in [0.717, 1.165) is 37.0 Å². The molecular formula is C29H50OSi. The minimum atomic E-state index is -1.72. The highest BCUT2D eigenvalue weighted by atomic mass is 28.4. The van der Waals surface area contributed by atoms with Crippen LogP contribution in [0.3, 0.4) is 0 Å². The van der Waals surface area contributed by atoms with E-state index in [9.17, 15) is 0 Å². The van der Waals surface area contributed by atoms with Crippen molar-refractivity contribution in [3.05, 3.63) is 35.5 Å². The van der Waals surface area contributed by atoms with Crippen molar-refractivity contribution in [2.24, 2.45) is 23.2 Å². The molecule has 1 nitrogen and oxygen atoms in total. The average Bonchev–Trinajstić information content (AvgIpc) is 3.04. The van der Waals surface area contributed by atoms with Crippen molar-refractivity contribution in [1.82, 2.24) is 0 Å². The zero-order chi connectivity index (χ0) is 23.0. The quantitative estimate of drug-likeness (QED) is 0.385. The molecule has 0 bridgehead atoms. The second-order valence-electron chi connectivity index (χ2n) is 12.8. The molecule has 5 atom stereocenters. The van der Waals surface area contributed by atoms with Gasteiger partial charge < -0.3 is 4.43 Å². The largest absolute Gasteiger partial charge is 0.414 e. The van der Waals surface area contributed by atoms with Gasteiger partial charge in [-0.15, -0.1) is 0 Å². The number of hydrogen-bond acceptors (Lipinski definition) is 1. The van der Waals surface area contributed by atoms with Gasteiger partial charge in [0.2, 0.25) is 0 Å². The Morgan fingerprint density at radius 2 is 1.87 bits per heavy atom. The summed E-state index contributed by atoms with van der Waals surface area (Å²) in [6, 6.07) is 0. The number of rotatable bonds is 5. The van der Waals surface area contributed by atoms with Gasteiger partial charge in [-0.2, -0.15) is 0 Å². The summed E-state index contributed by atoms with van der Waals surface area (Å²) in [4.78, 5) is 0. The third-order valence-electron chi connectivity index (χ3n) is 9.80. The van der Waals surface area contributed by atoms with Crippen LogP contribution in [0.4, 0.5) is 0 Å². The minimum absolute atomic E-state index is 0.272. The Kier molecular flexibility index (Phi) is 7.54. The Labute approximate surface area is 194 Å². The van der Waals surface area contributed by atoms with E-state index >= 15 is 0 Å². The third kappa shape index (κ3) is 5.16. The summed E-state index contributed by atoms with van der Waals surface area (Å²) in [6.07, 6.45) is 16.9. The maximum absolute atomic E-state index is 6.79. The highest BCUT2D eigenvalue weighted by molar-refractivity contribution is 6.74. The van der Waals surface area contributed by atoms with Crippen molar-refractivity contribution in [3.8, 4) is 0 Å². The summed E-state index contributed by atoms with van der Waals surface area (Å²) in [5, 5.41) is 0.272. The van der Waals surface area contributed by atoms with Crippen molar-refractivity contribution < 1.29 is 4.43 Å². The molecule has 3 rings (SSSR count). The van der Waals surface area contributed by atoms with E-state index in [1.54, 1.807) is 5.57 Å². The molecule has 0 aromatic heterocycles. The molecule has 0 unspecified atom stereocenters. The molecule has 3 fully saturated rings. The molecule has 3 aliphatic rings. The van der Waals surface area contributed by atoms with Crippen molar-refractivity contribution >= 4 is 8.32 Å². The van der Waals surface area contributed by atoms with Crippen LogP contribution in [0.15, 0.2) is 35.5 Å². The van der Waals surface area contributed by atoms with Gasteiger partial charge in [0.25, 0.3) is 0 Å². The average molecular weight is 443 g/mol. The van der Waals surface area contributed by atoms with E-state index < -0.39 is 8.32 Å². The van der Waals surface area contributed by atoms with Crippen LogP contribution in [0.25, 0.3) is 0 Å². The third-order valence-corrected chi connectivity index (χ3v) is 14.3. The first-order valence-corrected chi connectivity index (χ1v) is 16.1. The standard InChI is InChI=1S/C29H50OSi/c1-10-21(2)26-17-18-27-23(12-11-19-29(26,27)7)14-15-24-20-25(16-13-22(24)3)30-31(8,9)28(4,5)6/h14-15,21,25-27H,3,10-13,16-20H2,1-2,4-9H3/b23-14-,24-15-/t21-,25-,26+,27-,29+/m0/s1. The predicted octanol–water partition coefficient (Wildman–Crippen LogP) is 9.23. The Morgan fingerprint density at radius 3 is 2.52 bits per heavy atom. The first-order valence-electron chi connectivity index (χ1n) is 13.1. The zero-order valence-electron chi connectivity index (χ0n) is 21.9. The zero-order valence-corrected chi connectivity index (χ0v) is 22.9. The molecule has 0 amide bonds. The molecule has 0 N–H and O–H groups in total. The molecule has 3 saturated carbocycles. The normalized spacial score (nSPS) is 36.1. The summed E-state index contributed by atoms with van der Waals surface area (Å²) < 4.78 is 6.79. The van der Waals surface area contributed by atoms with Crippen molar-refractivity contribution in [2.75, 3.05) is 0 Å². The molecule has 2 heteroatoms. The van der Waals surface area contributed by atoms with Gasteiger partial charge in [0, 0.05) is 6.10 Å². The van der Waals surface area contributed by atoms with E-state index in [0.29, 0.717) is 11.5 Å². The van der Waals surface area contributed by atoms with E-state index in [1.165, 1.54) is 49.7 Å². The summed E-state index contributed by atoms with van der Waals surface area (Å²) in [6.45, 7) is 23.7. The first kappa shape index (κ1) is 25.0.